The van der Waals surface area contributed by atoms with Crippen molar-refractivity contribution in [2.75, 3.05) is 12.3 Å². The molecular formula is C29H37N3O3. The quantitative estimate of drug-likeness (QED) is 0.242. The van der Waals surface area contributed by atoms with Crippen LogP contribution in [0.4, 0.5) is 5.82 Å². The number of hydrogen-bond acceptors (Lipinski definition) is 6. The maximum absolute atomic E-state index is 11.7. The van der Waals surface area contributed by atoms with Gasteiger partial charge in [0.2, 0.25) is 0 Å². The van der Waals surface area contributed by atoms with Crippen molar-refractivity contribution < 1.29 is 14.3 Å². The summed E-state index contributed by atoms with van der Waals surface area (Å²) in [6.45, 7) is 6.36. The molecule has 3 rings (SSSR count). The standard InChI is InChI=1S/C29H37N3O3/c1-29(2,3)35-27(33)14-10-5-4-6-11-19-34-24-17-15-23(16-18-24)26-21-31-28(30)25(32-26)20-22-12-8-7-9-13-22/h7-9,12-13,15-18,21H,4-6,10-11,14,19-20H2,1-3H3,(H2,30,31). The molecule has 0 saturated heterocycles. The summed E-state index contributed by atoms with van der Waals surface area (Å²) < 4.78 is 11.2. The first-order valence-electron chi connectivity index (χ1n) is 12.4. The van der Waals surface area contributed by atoms with Crippen LogP contribution in [0, 0.1) is 0 Å². The molecule has 6 nitrogen and oxygen atoms in total. The average Bonchev–Trinajstić information content (AvgIpc) is 2.82. The molecule has 6 heteroatoms. The summed E-state index contributed by atoms with van der Waals surface area (Å²) in [7, 11) is 0. The zero-order chi connectivity index (χ0) is 25.1. The number of carbonyl (C=O) groups excluding carboxylic acids is 1. The van der Waals surface area contributed by atoms with Gasteiger partial charge in [-0.2, -0.15) is 0 Å². The van der Waals surface area contributed by atoms with Gasteiger partial charge in [0.25, 0.3) is 0 Å². The fourth-order valence-electron chi connectivity index (χ4n) is 3.70. The highest BCUT2D eigenvalue weighted by atomic mass is 16.6. The average molecular weight is 476 g/mol. The highest BCUT2D eigenvalue weighted by Gasteiger charge is 2.15. The summed E-state index contributed by atoms with van der Waals surface area (Å²) >= 11 is 0. The number of hydrogen-bond donors (Lipinski definition) is 1. The van der Waals surface area contributed by atoms with Gasteiger partial charge in [-0.25, -0.2) is 9.97 Å². The van der Waals surface area contributed by atoms with Crippen LogP contribution in [0.1, 0.15) is 70.6 Å². The summed E-state index contributed by atoms with van der Waals surface area (Å²) in [5.74, 6) is 1.19. The van der Waals surface area contributed by atoms with Gasteiger partial charge in [-0.05, 0) is 63.4 Å². The lowest BCUT2D eigenvalue weighted by atomic mass is 10.1. The van der Waals surface area contributed by atoms with Crippen LogP contribution in [0.2, 0.25) is 0 Å². The molecule has 2 aromatic carbocycles. The number of esters is 1. The monoisotopic (exact) mass is 475 g/mol. The highest BCUT2D eigenvalue weighted by Crippen LogP contribution is 2.23. The Morgan fingerprint density at radius 1 is 0.914 bits per heavy atom. The van der Waals surface area contributed by atoms with Crippen LogP contribution >= 0.6 is 0 Å². The van der Waals surface area contributed by atoms with Gasteiger partial charge >= 0.3 is 5.97 Å². The van der Waals surface area contributed by atoms with Crippen molar-refractivity contribution >= 4 is 11.8 Å². The number of ether oxygens (including phenoxy) is 2. The Morgan fingerprint density at radius 2 is 1.60 bits per heavy atom. The Kier molecular flexibility index (Phi) is 9.65. The Labute approximate surface area is 208 Å². The lowest BCUT2D eigenvalue weighted by molar-refractivity contribution is -0.154. The lowest BCUT2D eigenvalue weighted by Crippen LogP contribution is -2.23. The van der Waals surface area contributed by atoms with Gasteiger partial charge in [-0.1, -0.05) is 49.6 Å². The van der Waals surface area contributed by atoms with E-state index in [0.717, 1.165) is 60.4 Å². The van der Waals surface area contributed by atoms with Gasteiger partial charge < -0.3 is 15.2 Å². The van der Waals surface area contributed by atoms with E-state index in [0.29, 0.717) is 25.3 Å². The molecule has 0 atom stereocenters. The van der Waals surface area contributed by atoms with Crippen molar-refractivity contribution in [3.05, 3.63) is 72.1 Å². The summed E-state index contributed by atoms with van der Waals surface area (Å²) in [6.07, 6.45) is 7.91. The van der Waals surface area contributed by atoms with Crippen LogP contribution in [-0.2, 0) is 16.0 Å². The van der Waals surface area contributed by atoms with E-state index in [2.05, 4.69) is 17.1 Å². The van der Waals surface area contributed by atoms with Crippen molar-refractivity contribution in [3.63, 3.8) is 0 Å². The smallest absolute Gasteiger partial charge is 0.306 e. The van der Waals surface area contributed by atoms with Crippen LogP contribution in [0.3, 0.4) is 0 Å². The molecule has 186 valence electrons. The number of nitrogens with two attached hydrogens (primary N) is 1. The third kappa shape index (κ3) is 9.39. The van der Waals surface area contributed by atoms with E-state index >= 15 is 0 Å². The second-order valence-electron chi connectivity index (χ2n) is 9.73. The first-order chi connectivity index (χ1) is 16.8. The molecule has 1 aromatic heterocycles. The molecule has 2 N–H and O–H groups in total. The number of nitrogen functional groups attached to an aromatic ring is 1. The zero-order valence-electron chi connectivity index (χ0n) is 21.1. The molecular weight excluding hydrogens is 438 g/mol. The summed E-state index contributed by atoms with van der Waals surface area (Å²) in [6, 6.07) is 18.1. The molecule has 35 heavy (non-hydrogen) atoms. The molecule has 1 heterocycles. The Morgan fingerprint density at radius 3 is 2.31 bits per heavy atom. The number of rotatable bonds is 12. The van der Waals surface area contributed by atoms with E-state index in [4.69, 9.17) is 20.2 Å². The van der Waals surface area contributed by atoms with Crippen molar-refractivity contribution in [1.82, 2.24) is 9.97 Å². The topological polar surface area (TPSA) is 87.3 Å². The van der Waals surface area contributed by atoms with Gasteiger partial charge in [0.05, 0.1) is 24.2 Å². The Balaban J connectivity index is 1.38. The van der Waals surface area contributed by atoms with E-state index in [-0.39, 0.29) is 5.97 Å². The Bertz CT molecular complexity index is 1060. The number of nitrogens with zero attached hydrogens (tertiary/aromatic N) is 2. The van der Waals surface area contributed by atoms with Crippen LogP contribution in [0.15, 0.2) is 60.8 Å². The van der Waals surface area contributed by atoms with Crippen LogP contribution in [0.5, 0.6) is 5.75 Å². The molecule has 0 saturated carbocycles. The van der Waals surface area contributed by atoms with Crippen LogP contribution in [-0.4, -0.2) is 28.1 Å². The number of aromatic nitrogens is 2. The first-order valence-corrected chi connectivity index (χ1v) is 12.4. The molecule has 0 fully saturated rings. The maximum atomic E-state index is 11.7. The highest BCUT2D eigenvalue weighted by molar-refractivity contribution is 5.69. The predicted molar refractivity (Wildman–Crippen MR) is 140 cm³/mol. The van der Waals surface area contributed by atoms with E-state index in [1.807, 2.05) is 63.2 Å². The second-order valence-corrected chi connectivity index (χ2v) is 9.73. The molecule has 0 spiro atoms. The molecule has 3 aromatic rings. The van der Waals surface area contributed by atoms with E-state index in [1.165, 1.54) is 0 Å². The van der Waals surface area contributed by atoms with Crippen molar-refractivity contribution in [3.8, 4) is 17.0 Å². The largest absolute Gasteiger partial charge is 0.494 e. The zero-order valence-corrected chi connectivity index (χ0v) is 21.1. The summed E-state index contributed by atoms with van der Waals surface area (Å²) in [4.78, 5) is 20.8. The number of anilines is 1. The van der Waals surface area contributed by atoms with Crippen LogP contribution in [0.25, 0.3) is 11.3 Å². The SMILES string of the molecule is CC(C)(C)OC(=O)CCCCCCCOc1ccc(-c2cnc(N)c(Cc3ccccc3)n2)cc1. The lowest BCUT2D eigenvalue weighted by Gasteiger charge is -2.19. The molecule has 0 unspecified atom stereocenters. The summed E-state index contributed by atoms with van der Waals surface area (Å²) in [5.41, 5.74) is 9.36. The summed E-state index contributed by atoms with van der Waals surface area (Å²) in [5, 5.41) is 0. The van der Waals surface area contributed by atoms with Gasteiger partial charge in [0.15, 0.2) is 0 Å². The number of unbranched alkanes of at least 4 members (excludes halogenated alkanes) is 4. The van der Waals surface area contributed by atoms with Gasteiger partial charge in [0.1, 0.15) is 17.2 Å². The van der Waals surface area contributed by atoms with E-state index < -0.39 is 5.60 Å². The number of carbonyl (C=O) groups is 1. The molecule has 0 bridgehead atoms. The molecule has 0 aliphatic rings. The van der Waals surface area contributed by atoms with E-state index in [9.17, 15) is 4.79 Å². The molecule has 0 radical (unpaired) electrons. The van der Waals surface area contributed by atoms with Crippen molar-refractivity contribution in [2.45, 2.75) is 71.3 Å². The number of benzene rings is 2. The van der Waals surface area contributed by atoms with Crippen LogP contribution < -0.4 is 10.5 Å². The third-order valence-electron chi connectivity index (χ3n) is 5.46. The minimum absolute atomic E-state index is 0.110. The fourth-order valence-corrected chi connectivity index (χ4v) is 3.70. The maximum Gasteiger partial charge on any atom is 0.306 e. The van der Waals surface area contributed by atoms with Gasteiger partial charge in [0, 0.05) is 18.4 Å². The van der Waals surface area contributed by atoms with Gasteiger partial charge in [-0.15, -0.1) is 0 Å². The second kappa shape index (κ2) is 12.9. The minimum Gasteiger partial charge on any atom is -0.494 e. The fraction of sp³-hybridized carbons (Fsp3) is 0.414. The Hall–Kier alpha value is -3.41. The third-order valence-corrected chi connectivity index (χ3v) is 5.46. The predicted octanol–water partition coefficient (Wildman–Crippen LogP) is 6.38. The van der Waals surface area contributed by atoms with Gasteiger partial charge in [-0.3, -0.25) is 4.79 Å². The molecule has 0 amide bonds. The van der Waals surface area contributed by atoms with Crippen molar-refractivity contribution in [1.29, 1.82) is 0 Å². The minimum atomic E-state index is -0.402. The van der Waals surface area contributed by atoms with E-state index in [1.54, 1.807) is 6.20 Å². The first kappa shape index (κ1) is 26.2. The molecule has 0 aliphatic carbocycles. The normalized spacial score (nSPS) is 11.3. The molecule has 0 aliphatic heterocycles. The van der Waals surface area contributed by atoms with Crippen molar-refractivity contribution in [2.24, 2.45) is 0 Å².